The molecule has 0 atom stereocenters. The van der Waals surface area contributed by atoms with Crippen molar-refractivity contribution in [3.05, 3.63) is 58.3 Å². The summed E-state index contributed by atoms with van der Waals surface area (Å²) in [6, 6.07) is 7.22. The van der Waals surface area contributed by atoms with E-state index in [4.69, 9.17) is 0 Å². The SMILES string of the molecule is Cc1c(Br)ccc2nc(-c3ccc(F)cc3F)cn12. The molecule has 0 radical (unpaired) electrons. The normalized spacial score (nSPS) is 11.2. The van der Waals surface area contributed by atoms with E-state index in [9.17, 15) is 8.78 Å². The van der Waals surface area contributed by atoms with Gasteiger partial charge >= 0.3 is 0 Å². The van der Waals surface area contributed by atoms with E-state index in [1.807, 2.05) is 23.5 Å². The first-order valence-corrected chi connectivity index (χ1v) is 6.45. The van der Waals surface area contributed by atoms with Crippen molar-refractivity contribution in [1.29, 1.82) is 0 Å². The fourth-order valence-corrected chi connectivity index (χ4v) is 2.31. The van der Waals surface area contributed by atoms with Crippen LogP contribution in [0.1, 0.15) is 5.69 Å². The standard InChI is InChI=1S/C14H9BrF2N2/c1-8-11(15)4-5-14-18-13(7-19(8)14)10-3-2-9(16)6-12(10)17/h2-7H,1H3. The molecular weight excluding hydrogens is 314 g/mol. The second-order valence-electron chi connectivity index (χ2n) is 4.25. The first-order valence-electron chi connectivity index (χ1n) is 5.66. The molecule has 2 nitrogen and oxygen atoms in total. The fraction of sp³-hybridized carbons (Fsp3) is 0.0714. The van der Waals surface area contributed by atoms with Crippen LogP contribution in [-0.4, -0.2) is 9.38 Å². The van der Waals surface area contributed by atoms with Gasteiger partial charge in [0.25, 0.3) is 0 Å². The molecule has 2 aromatic heterocycles. The highest BCUT2D eigenvalue weighted by atomic mass is 79.9. The lowest BCUT2D eigenvalue weighted by atomic mass is 10.1. The molecule has 3 aromatic rings. The summed E-state index contributed by atoms with van der Waals surface area (Å²) in [4.78, 5) is 4.36. The van der Waals surface area contributed by atoms with E-state index in [1.54, 1.807) is 6.20 Å². The molecule has 0 aliphatic carbocycles. The van der Waals surface area contributed by atoms with E-state index in [1.165, 1.54) is 12.1 Å². The van der Waals surface area contributed by atoms with Crippen molar-refractivity contribution in [2.45, 2.75) is 6.92 Å². The lowest BCUT2D eigenvalue weighted by Crippen LogP contribution is -1.89. The van der Waals surface area contributed by atoms with Crippen molar-refractivity contribution in [3.8, 4) is 11.3 Å². The van der Waals surface area contributed by atoms with Crippen LogP contribution in [0.15, 0.2) is 41.0 Å². The molecule has 0 bridgehead atoms. The molecule has 0 amide bonds. The Kier molecular flexibility index (Phi) is 2.86. The first kappa shape index (κ1) is 12.3. The van der Waals surface area contributed by atoms with Gasteiger partial charge in [0.05, 0.1) is 5.69 Å². The van der Waals surface area contributed by atoms with E-state index in [0.29, 0.717) is 11.3 Å². The zero-order chi connectivity index (χ0) is 13.6. The third kappa shape index (κ3) is 2.04. The minimum Gasteiger partial charge on any atom is -0.303 e. The summed E-state index contributed by atoms with van der Waals surface area (Å²) in [5.41, 5.74) is 2.47. The van der Waals surface area contributed by atoms with Crippen LogP contribution in [0.5, 0.6) is 0 Å². The topological polar surface area (TPSA) is 17.3 Å². The lowest BCUT2D eigenvalue weighted by Gasteiger charge is -2.00. The molecule has 0 fully saturated rings. The van der Waals surface area contributed by atoms with E-state index >= 15 is 0 Å². The molecule has 0 unspecified atom stereocenters. The summed E-state index contributed by atoms with van der Waals surface area (Å²) in [6.45, 7) is 1.93. The Bertz CT molecular complexity index is 780. The van der Waals surface area contributed by atoms with Gasteiger partial charge in [0.1, 0.15) is 17.3 Å². The lowest BCUT2D eigenvalue weighted by molar-refractivity contribution is 0.585. The number of aryl methyl sites for hydroxylation is 1. The first-order chi connectivity index (χ1) is 9.06. The minimum atomic E-state index is -0.611. The molecule has 0 saturated heterocycles. The Morgan fingerprint density at radius 1 is 1.16 bits per heavy atom. The molecule has 0 N–H and O–H groups in total. The molecule has 19 heavy (non-hydrogen) atoms. The van der Waals surface area contributed by atoms with Gasteiger partial charge in [0.2, 0.25) is 0 Å². The van der Waals surface area contributed by atoms with E-state index in [-0.39, 0.29) is 0 Å². The van der Waals surface area contributed by atoms with Gasteiger partial charge < -0.3 is 4.40 Å². The highest BCUT2D eigenvalue weighted by Gasteiger charge is 2.11. The smallest absolute Gasteiger partial charge is 0.137 e. The van der Waals surface area contributed by atoms with Gasteiger partial charge in [0, 0.05) is 28.0 Å². The highest BCUT2D eigenvalue weighted by Crippen LogP contribution is 2.25. The predicted molar refractivity (Wildman–Crippen MR) is 73.0 cm³/mol. The molecule has 5 heteroatoms. The number of hydrogen-bond donors (Lipinski definition) is 0. The summed E-state index contributed by atoms with van der Waals surface area (Å²) in [5, 5.41) is 0. The molecule has 3 rings (SSSR count). The van der Waals surface area contributed by atoms with Gasteiger partial charge in [-0.15, -0.1) is 0 Å². The van der Waals surface area contributed by atoms with Gasteiger partial charge in [-0.05, 0) is 47.1 Å². The number of fused-ring (bicyclic) bond motifs is 1. The van der Waals surface area contributed by atoms with Gasteiger partial charge in [-0.3, -0.25) is 0 Å². The number of halogens is 3. The predicted octanol–water partition coefficient (Wildman–Crippen LogP) is 4.35. The number of pyridine rings is 1. The van der Waals surface area contributed by atoms with Crippen molar-refractivity contribution in [2.24, 2.45) is 0 Å². The molecule has 2 heterocycles. The summed E-state index contributed by atoms with van der Waals surface area (Å²) >= 11 is 3.43. The number of rotatable bonds is 1. The summed E-state index contributed by atoms with van der Waals surface area (Å²) in [6.07, 6.45) is 1.74. The number of benzene rings is 1. The molecule has 1 aromatic carbocycles. The van der Waals surface area contributed by atoms with Crippen LogP contribution in [0, 0.1) is 18.6 Å². The summed E-state index contributed by atoms with van der Waals surface area (Å²) in [7, 11) is 0. The maximum absolute atomic E-state index is 13.7. The summed E-state index contributed by atoms with van der Waals surface area (Å²) < 4.78 is 29.5. The van der Waals surface area contributed by atoms with Crippen molar-refractivity contribution in [2.75, 3.05) is 0 Å². The van der Waals surface area contributed by atoms with Crippen LogP contribution >= 0.6 is 15.9 Å². The molecule has 0 aliphatic rings. The van der Waals surface area contributed by atoms with Gasteiger partial charge in [-0.1, -0.05) is 0 Å². The molecule has 0 saturated carbocycles. The Morgan fingerprint density at radius 3 is 2.68 bits per heavy atom. The third-order valence-corrected chi connectivity index (χ3v) is 3.86. The average molecular weight is 323 g/mol. The fourth-order valence-electron chi connectivity index (χ4n) is 1.99. The maximum Gasteiger partial charge on any atom is 0.137 e. The number of nitrogens with zero attached hydrogens (tertiary/aromatic N) is 2. The van der Waals surface area contributed by atoms with Crippen molar-refractivity contribution < 1.29 is 8.78 Å². The monoisotopic (exact) mass is 322 g/mol. The quantitative estimate of drug-likeness (QED) is 0.651. The average Bonchev–Trinajstić information content (AvgIpc) is 2.78. The van der Waals surface area contributed by atoms with Crippen molar-refractivity contribution in [1.82, 2.24) is 9.38 Å². The maximum atomic E-state index is 13.7. The Morgan fingerprint density at radius 2 is 1.95 bits per heavy atom. The second kappa shape index (κ2) is 4.42. The molecule has 96 valence electrons. The zero-order valence-electron chi connectivity index (χ0n) is 9.99. The van der Waals surface area contributed by atoms with Crippen LogP contribution in [0.2, 0.25) is 0 Å². The molecule has 0 aliphatic heterocycles. The van der Waals surface area contributed by atoms with E-state index in [2.05, 4.69) is 20.9 Å². The van der Waals surface area contributed by atoms with Crippen LogP contribution in [0.25, 0.3) is 16.9 Å². The Hall–Kier alpha value is -1.75. The van der Waals surface area contributed by atoms with Gasteiger partial charge in [-0.25, -0.2) is 13.8 Å². The summed E-state index contributed by atoms with van der Waals surface area (Å²) in [5.74, 6) is -1.20. The van der Waals surface area contributed by atoms with E-state index in [0.717, 1.165) is 21.9 Å². The third-order valence-electron chi connectivity index (χ3n) is 3.03. The van der Waals surface area contributed by atoms with Gasteiger partial charge in [0.15, 0.2) is 0 Å². The number of imidazole rings is 1. The van der Waals surface area contributed by atoms with Crippen LogP contribution in [-0.2, 0) is 0 Å². The second-order valence-corrected chi connectivity index (χ2v) is 5.10. The minimum absolute atomic E-state index is 0.292. The van der Waals surface area contributed by atoms with Crippen LogP contribution < -0.4 is 0 Å². The van der Waals surface area contributed by atoms with Crippen LogP contribution in [0.3, 0.4) is 0 Å². The van der Waals surface area contributed by atoms with Gasteiger partial charge in [-0.2, -0.15) is 0 Å². The largest absolute Gasteiger partial charge is 0.303 e. The highest BCUT2D eigenvalue weighted by molar-refractivity contribution is 9.10. The van der Waals surface area contributed by atoms with Crippen LogP contribution in [0.4, 0.5) is 8.78 Å². The van der Waals surface area contributed by atoms with Crippen molar-refractivity contribution in [3.63, 3.8) is 0 Å². The molecular formula is C14H9BrF2N2. The number of hydrogen-bond acceptors (Lipinski definition) is 1. The zero-order valence-corrected chi connectivity index (χ0v) is 11.6. The van der Waals surface area contributed by atoms with Crippen molar-refractivity contribution >= 4 is 21.6 Å². The Balaban J connectivity index is 2.23. The number of aromatic nitrogens is 2. The Labute approximate surface area is 116 Å². The molecule has 0 spiro atoms. The van der Waals surface area contributed by atoms with E-state index < -0.39 is 11.6 Å².